The van der Waals surface area contributed by atoms with Crippen molar-refractivity contribution in [2.45, 2.75) is 6.18 Å². The molecule has 2 N–H and O–H groups in total. The fraction of sp³-hybridized carbons (Fsp3) is 0.0625. The van der Waals surface area contributed by atoms with Gasteiger partial charge < -0.3 is 10.2 Å². The van der Waals surface area contributed by atoms with Gasteiger partial charge in [0.25, 0.3) is 0 Å². The molecule has 24 heavy (non-hydrogen) atoms. The summed E-state index contributed by atoms with van der Waals surface area (Å²) in [6, 6.07) is 8.62. The summed E-state index contributed by atoms with van der Waals surface area (Å²) in [6.07, 6.45) is -4.76. The molecule has 3 aromatic rings. The molecule has 122 valence electrons. The fourth-order valence-electron chi connectivity index (χ4n) is 2.21. The van der Waals surface area contributed by atoms with E-state index >= 15 is 0 Å². The standard InChI is InChI=1S/C16H9F3N2O3/c17-16(18,19)14-13(8-1-3-9(4-2-8)15(23)24)20-11-6-5-10(22)7-12(11)21-14/h1-7,22H,(H,23,24). The summed E-state index contributed by atoms with van der Waals surface area (Å²) in [5.74, 6) is -1.40. The van der Waals surface area contributed by atoms with Gasteiger partial charge >= 0.3 is 12.1 Å². The molecule has 0 fully saturated rings. The van der Waals surface area contributed by atoms with E-state index in [-0.39, 0.29) is 27.9 Å². The number of carboxylic acids is 1. The summed E-state index contributed by atoms with van der Waals surface area (Å²) in [5.41, 5.74) is -1.48. The third kappa shape index (κ3) is 2.85. The Morgan fingerprint density at radius 2 is 1.62 bits per heavy atom. The Labute approximate surface area is 133 Å². The van der Waals surface area contributed by atoms with Gasteiger partial charge in [-0.3, -0.25) is 0 Å². The predicted molar refractivity (Wildman–Crippen MR) is 78.6 cm³/mol. The van der Waals surface area contributed by atoms with E-state index in [1.165, 1.54) is 36.4 Å². The van der Waals surface area contributed by atoms with Crippen LogP contribution in [-0.2, 0) is 6.18 Å². The number of carbonyl (C=O) groups is 1. The second-order valence-electron chi connectivity index (χ2n) is 4.97. The highest BCUT2D eigenvalue weighted by atomic mass is 19.4. The SMILES string of the molecule is O=C(O)c1ccc(-c2nc3ccc(O)cc3nc2C(F)(F)F)cc1. The molecule has 0 amide bonds. The molecule has 1 aromatic heterocycles. The van der Waals surface area contributed by atoms with Gasteiger partial charge in [0.15, 0.2) is 5.69 Å². The summed E-state index contributed by atoms with van der Waals surface area (Å²) in [6.45, 7) is 0. The first kappa shape index (κ1) is 15.7. The minimum atomic E-state index is -4.76. The Kier molecular flexibility index (Phi) is 3.59. The van der Waals surface area contributed by atoms with Gasteiger partial charge in [-0.15, -0.1) is 0 Å². The number of fused-ring (bicyclic) bond motifs is 1. The van der Waals surface area contributed by atoms with Crippen LogP contribution in [0.2, 0.25) is 0 Å². The van der Waals surface area contributed by atoms with Gasteiger partial charge in [-0.25, -0.2) is 14.8 Å². The highest BCUT2D eigenvalue weighted by Gasteiger charge is 2.37. The lowest BCUT2D eigenvalue weighted by Crippen LogP contribution is -2.12. The van der Waals surface area contributed by atoms with Crippen molar-refractivity contribution in [3.05, 3.63) is 53.7 Å². The maximum Gasteiger partial charge on any atom is 0.435 e. The van der Waals surface area contributed by atoms with Gasteiger partial charge in [-0.05, 0) is 24.3 Å². The lowest BCUT2D eigenvalue weighted by atomic mass is 10.1. The van der Waals surface area contributed by atoms with Crippen molar-refractivity contribution in [3.63, 3.8) is 0 Å². The number of aromatic carboxylic acids is 1. The van der Waals surface area contributed by atoms with E-state index in [1.807, 2.05) is 0 Å². The second-order valence-corrected chi connectivity index (χ2v) is 4.97. The number of aromatic hydroxyl groups is 1. The summed E-state index contributed by atoms with van der Waals surface area (Å²) < 4.78 is 39.9. The normalized spacial score (nSPS) is 11.6. The number of phenols is 1. The molecule has 8 heteroatoms. The summed E-state index contributed by atoms with van der Waals surface area (Å²) in [4.78, 5) is 18.4. The molecule has 2 aromatic carbocycles. The van der Waals surface area contributed by atoms with Crippen molar-refractivity contribution >= 4 is 17.0 Å². The van der Waals surface area contributed by atoms with Gasteiger partial charge in [-0.1, -0.05) is 12.1 Å². The Morgan fingerprint density at radius 3 is 2.21 bits per heavy atom. The van der Waals surface area contributed by atoms with Gasteiger partial charge in [0.1, 0.15) is 11.4 Å². The van der Waals surface area contributed by atoms with Crippen LogP contribution < -0.4 is 0 Å². The minimum absolute atomic E-state index is 0.0500. The second kappa shape index (κ2) is 5.48. The molecule has 0 spiro atoms. The maximum atomic E-state index is 13.3. The van der Waals surface area contributed by atoms with Gasteiger partial charge in [0.2, 0.25) is 0 Å². The van der Waals surface area contributed by atoms with Crippen LogP contribution in [0.3, 0.4) is 0 Å². The Bertz CT molecular complexity index is 938. The van der Waals surface area contributed by atoms with Crippen LogP contribution >= 0.6 is 0 Å². The Morgan fingerprint density at radius 1 is 0.958 bits per heavy atom. The summed E-state index contributed by atoms with van der Waals surface area (Å²) in [7, 11) is 0. The molecule has 0 unspecified atom stereocenters. The number of carboxylic acid groups (broad SMARTS) is 1. The number of aromatic nitrogens is 2. The zero-order valence-corrected chi connectivity index (χ0v) is 11.9. The first-order chi connectivity index (χ1) is 11.3. The van der Waals surface area contributed by atoms with E-state index in [2.05, 4.69) is 9.97 Å². The lowest BCUT2D eigenvalue weighted by molar-refractivity contribution is -0.140. The number of rotatable bonds is 2. The largest absolute Gasteiger partial charge is 0.508 e. The smallest absolute Gasteiger partial charge is 0.435 e. The van der Waals surface area contributed by atoms with E-state index in [0.717, 1.165) is 6.07 Å². The molecule has 0 atom stereocenters. The van der Waals surface area contributed by atoms with Crippen LogP contribution in [-0.4, -0.2) is 26.2 Å². The maximum absolute atomic E-state index is 13.3. The van der Waals surface area contributed by atoms with E-state index in [9.17, 15) is 23.1 Å². The average Bonchev–Trinajstić information content (AvgIpc) is 2.53. The van der Waals surface area contributed by atoms with Crippen LogP contribution in [0.1, 0.15) is 16.1 Å². The van der Waals surface area contributed by atoms with Crippen molar-refractivity contribution in [2.24, 2.45) is 0 Å². The number of halogens is 3. The van der Waals surface area contributed by atoms with Crippen LogP contribution in [0.5, 0.6) is 5.75 Å². The number of alkyl halides is 3. The van der Waals surface area contributed by atoms with Crippen molar-refractivity contribution in [1.82, 2.24) is 9.97 Å². The molecule has 0 bridgehead atoms. The first-order valence-corrected chi connectivity index (χ1v) is 6.67. The molecule has 0 aliphatic carbocycles. The van der Waals surface area contributed by atoms with E-state index in [4.69, 9.17) is 5.11 Å². The molecule has 5 nitrogen and oxygen atoms in total. The molecule has 0 radical (unpaired) electrons. The molecular weight excluding hydrogens is 325 g/mol. The number of nitrogens with zero attached hydrogens (tertiary/aromatic N) is 2. The highest BCUT2D eigenvalue weighted by Crippen LogP contribution is 2.36. The van der Waals surface area contributed by atoms with Crippen LogP contribution in [0.4, 0.5) is 13.2 Å². The lowest BCUT2D eigenvalue weighted by Gasteiger charge is -2.13. The van der Waals surface area contributed by atoms with E-state index in [0.29, 0.717) is 0 Å². The van der Waals surface area contributed by atoms with Crippen LogP contribution in [0.15, 0.2) is 42.5 Å². The molecule has 0 aliphatic heterocycles. The monoisotopic (exact) mass is 334 g/mol. The topological polar surface area (TPSA) is 83.3 Å². The van der Waals surface area contributed by atoms with Crippen molar-refractivity contribution in [1.29, 1.82) is 0 Å². The number of hydrogen-bond donors (Lipinski definition) is 2. The third-order valence-electron chi connectivity index (χ3n) is 3.32. The van der Waals surface area contributed by atoms with Gasteiger partial charge in [-0.2, -0.15) is 13.2 Å². The number of phenolic OH excluding ortho intramolecular Hbond substituents is 1. The molecule has 1 heterocycles. The highest BCUT2D eigenvalue weighted by molar-refractivity contribution is 5.88. The first-order valence-electron chi connectivity index (χ1n) is 6.67. The van der Waals surface area contributed by atoms with Gasteiger partial charge in [0, 0.05) is 11.6 Å². The van der Waals surface area contributed by atoms with Crippen molar-refractivity contribution < 1.29 is 28.2 Å². The van der Waals surface area contributed by atoms with Crippen LogP contribution in [0.25, 0.3) is 22.3 Å². The molecule has 0 saturated carbocycles. The van der Waals surface area contributed by atoms with Crippen molar-refractivity contribution in [2.75, 3.05) is 0 Å². The Balaban J connectivity index is 2.25. The zero-order chi connectivity index (χ0) is 17.5. The van der Waals surface area contributed by atoms with Gasteiger partial charge in [0.05, 0.1) is 16.6 Å². The zero-order valence-electron chi connectivity index (χ0n) is 11.9. The number of benzene rings is 2. The average molecular weight is 334 g/mol. The summed E-state index contributed by atoms with van der Waals surface area (Å²) >= 11 is 0. The fourth-order valence-corrected chi connectivity index (χ4v) is 2.21. The molecule has 0 saturated heterocycles. The summed E-state index contributed by atoms with van der Waals surface area (Å²) in [5, 5.41) is 18.3. The van der Waals surface area contributed by atoms with Crippen LogP contribution in [0, 0.1) is 0 Å². The third-order valence-corrected chi connectivity index (χ3v) is 3.32. The quantitative estimate of drug-likeness (QED) is 0.746. The van der Waals surface area contributed by atoms with Crippen molar-refractivity contribution in [3.8, 4) is 17.0 Å². The number of hydrogen-bond acceptors (Lipinski definition) is 4. The minimum Gasteiger partial charge on any atom is -0.508 e. The molecule has 3 rings (SSSR count). The molecular formula is C16H9F3N2O3. The Hall–Kier alpha value is -3.16. The predicted octanol–water partition coefficient (Wildman–Crippen LogP) is 3.72. The molecule has 0 aliphatic rings. The van der Waals surface area contributed by atoms with E-state index < -0.39 is 23.5 Å². The van der Waals surface area contributed by atoms with E-state index in [1.54, 1.807) is 0 Å².